The Kier molecular flexibility index (Phi) is 9.55. The molecule has 9 heteroatoms. The van der Waals surface area contributed by atoms with Gasteiger partial charge in [0.25, 0.3) is 0 Å². The Labute approximate surface area is 258 Å². The molecule has 5 heterocycles. The Hall–Kier alpha value is -0.650. The number of aliphatic hydroxyl groups excluding tert-OH is 2. The average molecular weight is 611 g/mol. The molecule has 3 N–H and O–H groups in total. The van der Waals surface area contributed by atoms with Crippen LogP contribution in [0.1, 0.15) is 113 Å². The fourth-order valence-corrected chi connectivity index (χ4v) is 9.19. The number of aliphatic hydroxyl groups is 3. The van der Waals surface area contributed by atoms with Crippen LogP contribution in [0.3, 0.4) is 0 Å². The molecular formula is C34H58O9. The molecule has 43 heavy (non-hydrogen) atoms. The average Bonchev–Trinajstić information content (AvgIpc) is 3.68. The molecule has 0 aromatic heterocycles. The zero-order valence-corrected chi connectivity index (χ0v) is 27.7. The van der Waals surface area contributed by atoms with E-state index < -0.39 is 41.6 Å². The Morgan fingerprint density at radius 1 is 1.00 bits per heavy atom. The molecule has 0 amide bonds. The summed E-state index contributed by atoms with van der Waals surface area (Å²) >= 11 is 0. The van der Waals surface area contributed by atoms with Gasteiger partial charge >= 0.3 is 0 Å². The van der Waals surface area contributed by atoms with E-state index in [4.69, 9.17) is 23.7 Å². The highest BCUT2D eigenvalue weighted by atomic mass is 16.7. The number of ketones is 1. The molecule has 0 bridgehead atoms. The molecule has 0 radical (unpaired) electrons. The summed E-state index contributed by atoms with van der Waals surface area (Å²) in [5.41, 5.74) is -1.05. The van der Waals surface area contributed by atoms with Gasteiger partial charge < -0.3 is 39.0 Å². The van der Waals surface area contributed by atoms with Gasteiger partial charge in [-0.2, -0.15) is 0 Å². The number of ether oxygens (including phenoxy) is 5. The van der Waals surface area contributed by atoms with Crippen molar-refractivity contribution in [1.29, 1.82) is 0 Å². The SMILES string of the molecule is CCC(=O)C(C)[C@H]1O[C@@]2(CC[C@@](C)([C@H]3CC[C@@](CC)([C@@H]4O[C@@H]([C@H]5O[C@@](O)(CO)[C@H](C)C[C@@H]5C)C[C@@H]4C)O3)O2)C[C@H](O)[C@H]1C. The summed E-state index contributed by atoms with van der Waals surface area (Å²) in [6.45, 7) is 15.9. The van der Waals surface area contributed by atoms with E-state index in [1.54, 1.807) is 0 Å². The van der Waals surface area contributed by atoms with Crippen LogP contribution in [0.2, 0.25) is 0 Å². The first-order valence-electron chi connectivity index (χ1n) is 17.1. The largest absolute Gasteiger partial charge is 0.393 e. The van der Waals surface area contributed by atoms with Crippen LogP contribution in [-0.2, 0) is 28.5 Å². The maximum atomic E-state index is 12.6. The fourth-order valence-electron chi connectivity index (χ4n) is 9.19. The van der Waals surface area contributed by atoms with Gasteiger partial charge in [0, 0.05) is 37.0 Å². The predicted molar refractivity (Wildman–Crippen MR) is 160 cm³/mol. The molecule has 0 saturated carbocycles. The summed E-state index contributed by atoms with van der Waals surface area (Å²) in [5.74, 6) is -2.51. The molecule has 9 nitrogen and oxygen atoms in total. The molecule has 5 fully saturated rings. The summed E-state index contributed by atoms with van der Waals surface area (Å²) in [7, 11) is 0. The Bertz CT molecular complexity index is 1010. The van der Waals surface area contributed by atoms with Gasteiger partial charge in [-0.15, -0.1) is 0 Å². The van der Waals surface area contributed by atoms with E-state index in [9.17, 15) is 20.1 Å². The van der Waals surface area contributed by atoms with E-state index in [0.717, 1.165) is 38.5 Å². The monoisotopic (exact) mass is 610 g/mol. The quantitative estimate of drug-likeness (QED) is 0.364. The molecule has 0 aromatic carbocycles. The van der Waals surface area contributed by atoms with Gasteiger partial charge in [-0.3, -0.25) is 4.79 Å². The van der Waals surface area contributed by atoms with E-state index in [0.29, 0.717) is 19.3 Å². The molecule has 5 saturated heterocycles. The molecule has 15 atom stereocenters. The molecule has 0 aliphatic carbocycles. The van der Waals surface area contributed by atoms with E-state index in [1.807, 2.05) is 27.7 Å². The second kappa shape index (κ2) is 12.2. The first-order valence-corrected chi connectivity index (χ1v) is 17.1. The first-order chi connectivity index (χ1) is 20.2. The van der Waals surface area contributed by atoms with Crippen molar-refractivity contribution in [2.45, 2.75) is 173 Å². The van der Waals surface area contributed by atoms with Gasteiger partial charge in [-0.1, -0.05) is 48.5 Å². The van der Waals surface area contributed by atoms with Crippen molar-refractivity contribution in [2.75, 3.05) is 6.61 Å². The summed E-state index contributed by atoms with van der Waals surface area (Å²) in [5, 5.41) is 31.9. The van der Waals surface area contributed by atoms with Gasteiger partial charge in [0.2, 0.25) is 0 Å². The summed E-state index contributed by atoms with van der Waals surface area (Å²) in [6.07, 6.45) is 4.54. The summed E-state index contributed by atoms with van der Waals surface area (Å²) in [4.78, 5) is 12.6. The molecular weight excluding hydrogens is 552 g/mol. The van der Waals surface area contributed by atoms with E-state index in [1.165, 1.54) is 0 Å². The Balaban J connectivity index is 1.28. The fraction of sp³-hybridized carbons (Fsp3) is 0.971. The maximum absolute atomic E-state index is 12.6. The Morgan fingerprint density at radius 2 is 1.72 bits per heavy atom. The highest BCUT2D eigenvalue weighted by molar-refractivity contribution is 5.80. The number of hydrogen-bond acceptors (Lipinski definition) is 9. The maximum Gasteiger partial charge on any atom is 0.192 e. The standard InChI is InChI=1S/C34H58O9/c1-9-24(36)22(6)29-23(7)25(37)17-33(41-29)14-13-31(8,43-33)27-11-12-32(10-2,40-27)30-20(4)16-26(39-30)28-19(3)15-21(5)34(38,18-35)42-28/h19-23,25-30,35,37-38H,9-18H2,1-8H3/t19-,20-,21+,22?,23+,25-,26+,27+,28-,29+,30+,31-,32-,33+,34-/m0/s1. The lowest BCUT2D eigenvalue weighted by Crippen LogP contribution is -2.56. The zero-order valence-electron chi connectivity index (χ0n) is 27.7. The third kappa shape index (κ3) is 5.88. The smallest absolute Gasteiger partial charge is 0.192 e. The van der Waals surface area contributed by atoms with Crippen molar-refractivity contribution >= 4 is 5.78 Å². The molecule has 248 valence electrons. The topological polar surface area (TPSA) is 124 Å². The normalized spacial score (nSPS) is 53.0. The van der Waals surface area contributed by atoms with Crippen LogP contribution in [0.25, 0.3) is 0 Å². The van der Waals surface area contributed by atoms with Crippen molar-refractivity contribution in [3.05, 3.63) is 0 Å². The van der Waals surface area contributed by atoms with Crippen LogP contribution >= 0.6 is 0 Å². The predicted octanol–water partition coefficient (Wildman–Crippen LogP) is 4.52. The lowest BCUT2D eigenvalue weighted by Gasteiger charge is -2.47. The van der Waals surface area contributed by atoms with Gasteiger partial charge in [0.05, 0.1) is 54.4 Å². The van der Waals surface area contributed by atoms with Crippen LogP contribution < -0.4 is 0 Å². The van der Waals surface area contributed by atoms with E-state index in [2.05, 4.69) is 27.7 Å². The minimum Gasteiger partial charge on any atom is -0.393 e. The van der Waals surface area contributed by atoms with Gasteiger partial charge in [-0.25, -0.2) is 0 Å². The number of carbonyl (C=O) groups excluding carboxylic acids is 1. The lowest BCUT2D eigenvalue weighted by molar-refractivity contribution is -0.331. The van der Waals surface area contributed by atoms with Crippen LogP contribution in [0.15, 0.2) is 0 Å². The van der Waals surface area contributed by atoms with Crippen LogP contribution in [0.5, 0.6) is 0 Å². The van der Waals surface area contributed by atoms with Crippen molar-refractivity contribution in [1.82, 2.24) is 0 Å². The molecule has 1 spiro atoms. The molecule has 5 rings (SSSR count). The number of rotatable bonds is 8. The second-order valence-electron chi connectivity index (χ2n) is 15.2. The summed E-state index contributed by atoms with van der Waals surface area (Å²) in [6, 6.07) is 0. The second-order valence-corrected chi connectivity index (χ2v) is 15.2. The van der Waals surface area contributed by atoms with Crippen molar-refractivity contribution in [2.24, 2.45) is 29.6 Å². The van der Waals surface area contributed by atoms with Crippen LogP contribution in [0, 0.1) is 29.6 Å². The third-order valence-corrected chi connectivity index (χ3v) is 12.2. The summed E-state index contributed by atoms with van der Waals surface area (Å²) < 4.78 is 33.5. The molecule has 5 aliphatic rings. The first kappa shape index (κ1) is 33.7. The third-order valence-electron chi connectivity index (χ3n) is 12.2. The highest BCUT2D eigenvalue weighted by Gasteiger charge is 2.62. The number of Topliss-reactive ketones (excluding diaryl/α,β-unsaturated/α-hetero) is 1. The van der Waals surface area contributed by atoms with Gasteiger partial charge in [-0.05, 0) is 57.3 Å². The van der Waals surface area contributed by atoms with Crippen molar-refractivity contribution in [3.8, 4) is 0 Å². The van der Waals surface area contributed by atoms with Crippen LogP contribution in [-0.4, -0.2) is 87.1 Å². The minimum absolute atomic E-state index is 0.122. The minimum atomic E-state index is -1.54. The van der Waals surface area contributed by atoms with Crippen molar-refractivity contribution in [3.63, 3.8) is 0 Å². The van der Waals surface area contributed by atoms with E-state index >= 15 is 0 Å². The molecule has 1 unspecified atom stereocenters. The molecule has 5 aliphatic heterocycles. The number of hydrogen-bond donors (Lipinski definition) is 3. The Morgan fingerprint density at radius 3 is 2.37 bits per heavy atom. The van der Waals surface area contributed by atoms with E-state index in [-0.39, 0.29) is 59.8 Å². The van der Waals surface area contributed by atoms with Gasteiger partial charge in [0.1, 0.15) is 5.78 Å². The number of carbonyl (C=O) groups is 1. The van der Waals surface area contributed by atoms with Crippen LogP contribution in [0.4, 0.5) is 0 Å². The molecule has 0 aromatic rings. The zero-order chi connectivity index (χ0) is 31.5. The highest BCUT2D eigenvalue weighted by Crippen LogP contribution is 2.54. The lowest BCUT2D eigenvalue weighted by atomic mass is 9.80. The van der Waals surface area contributed by atoms with Crippen molar-refractivity contribution < 1.29 is 43.8 Å². The van der Waals surface area contributed by atoms with Gasteiger partial charge in [0.15, 0.2) is 11.6 Å².